The van der Waals surface area contributed by atoms with Crippen LogP contribution >= 0.6 is 15.9 Å². The van der Waals surface area contributed by atoms with Crippen molar-refractivity contribution in [2.75, 3.05) is 13.2 Å². The van der Waals surface area contributed by atoms with E-state index in [1.807, 2.05) is 36.4 Å². The molecule has 1 radical (unpaired) electrons. The summed E-state index contributed by atoms with van der Waals surface area (Å²) in [5.74, 6) is 7.60. The first-order chi connectivity index (χ1) is 14.1. The monoisotopic (exact) mass is 485 g/mol. The van der Waals surface area contributed by atoms with Crippen LogP contribution in [-0.2, 0) is 11.3 Å². The van der Waals surface area contributed by atoms with E-state index < -0.39 is 0 Å². The molecule has 0 saturated heterocycles. The van der Waals surface area contributed by atoms with E-state index in [1.165, 1.54) is 0 Å². The van der Waals surface area contributed by atoms with Crippen molar-refractivity contribution in [2.24, 2.45) is 5.41 Å². The topological polar surface area (TPSA) is 18.5 Å². The first-order valence-electron chi connectivity index (χ1n) is 10.5. The average molecular weight is 487 g/mol. The molecule has 2 aromatic carbocycles. The molecule has 0 N–H and O–H groups in total. The Hall–Kier alpha value is -1.54. The van der Waals surface area contributed by atoms with E-state index in [0.29, 0.717) is 11.6 Å². The Balaban J connectivity index is 2.01. The molecule has 0 heterocycles. The molecule has 4 heteroatoms. The highest BCUT2D eigenvalue weighted by atomic mass is 79.9. The third-order valence-corrected chi connectivity index (χ3v) is 8.94. The molecule has 0 aliphatic heterocycles. The van der Waals surface area contributed by atoms with Gasteiger partial charge in [0, 0.05) is 23.1 Å². The highest BCUT2D eigenvalue weighted by molar-refractivity contribution is 9.10. The fourth-order valence-corrected chi connectivity index (χ4v) is 3.41. The fourth-order valence-electron chi connectivity index (χ4n) is 2.57. The number of rotatable bonds is 9. The zero-order valence-corrected chi connectivity index (χ0v) is 21.7. The Morgan fingerprint density at radius 3 is 2.33 bits per heavy atom. The van der Waals surface area contributed by atoms with Crippen LogP contribution in [0, 0.1) is 17.3 Å². The largest absolute Gasteiger partial charge is 0.488 e. The first-order valence-corrected chi connectivity index (χ1v) is 13.8. The van der Waals surface area contributed by atoms with Crippen LogP contribution in [0.1, 0.15) is 45.2 Å². The molecule has 0 saturated carbocycles. The van der Waals surface area contributed by atoms with Crippen molar-refractivity contribution in [3.05, 3.63) is 64.1 Å². The SMILES string of the molecule is C[Si](C)C(C)(C)COCCC(C)(C)C#Cc1c(Br)cccc1OCc1ccccc1. The molecule has 0 aromatic heterocycles. The lowest BCUT2D eigenvalue weighted by molar-refractivity contribution is 0.0972. The van der Waals surface area contributed by atoms with Gasteiger partial charge in [0.1, 0.15) is 12.4 Å². The van der Waals surface area contributed by atoms with Gasteiger partial charge in [0.25, 0.3) is 0 Å². The summed E-state index contributed by atoms with van der Waals surface area (Å²) < 4.78 is 13.0. The molecule has 2 nitrogen and oxygen atoms in total. The van der Waals surface area contributed by atoms with Crippen LogP contribution in [0.2, 0.25) is 18.1 Å². The van der Waals surface area contributed by atoms with E-state index in [0.717, 1.165) is 41.0 Å². The van der Waals surface area contributed by atoms with Crippen molar-refractivity contribution in [1.82, 2.24) is 0 Å². The normalized spacial score (nSPS) is 11.9. The maximum absolute atomic E-state index is 6.07. The van der Waals surface area contributed by atoms with Crippen molar-refractivity contribution < 1.29 is 9.47 Å². The van der Waals surface area contributed by atoms with Gasteiger partial charge >= 0.3 is 0 Å². The molecule has 0 spiro atoms. The van der Waals surface area contributed by atoms with Crippen molar-refractivity contribution in [1.29, 1.82) is 0 Å². The van der Waals surface area contributed by atoms with Crippen molar-refractivity contribution in [3.8, 4) is 17.6 Å². The molecule has 0 aliphatic carbocycles. The van der Waals surface area contributed by atoms with Gasteiger partial charge in [-0.1, -0.05) is 75.2 Å². The fraction of sp³-hybridized carbons (Fsp3) is 0.462. The predicted molar refractivity (Wildman–Crippen MR) is 133 cm³/mol. The van der Waals surface area contributed by atoms with Crippen LogP contribution in [0.25, 0.3) is 0 Å². The van der Waals surface area contributed by atoms with Gasteiger partial charge in [-0.25, -0.2) is 0 Å². The summed E-state index contributed by atoms with van der Waals surface area (Å²) in [5, 5.41) is 0.292. The summed E-state index contributed by atoms with van der Waals surface area (Å²) in [6.07, 6.45) is 0.899. The maximum atomic E-state index is 6.07. The van der Waals surface area contributed by atoms with E-state index >= 15 is 0 Å². The lowest BCUT2D eigenvalue weighted by atomic mass is 9.90. The van der Waals surface area contributed by atoms with Crippen LogP contribution in [0.4, 0.5) is 0 Å². The van der Waals surface area contributed by atoms with Crippen LogP contribution in [0.15, 0.2) is 53.0 Å². The molecule has 0 unspecified atom stereocenters. The summed E-state index contributed by atoms with van der Waals surface area (Å²) >= 11 is 3.64. The quantitative estimate of drug-likeness (QED) is 0.210. The highest BCUT2D eigenvalue weighted by Gasteiger charge is 2.24. The maximum Gasteiger partial charge on any atom is 0.136 e. The van der Waals surface area contributed by atoms with E-state index in [4.69, 9.17) is 9.47 Å². The minimum absolute atomic E-state index is 0.137. The lowest BCUT2D eigenvalue weighted by Gasteiger charge is -2.28. The van der Waals surface area contributed by atoms with Crippen LogP contribution in [0.5, 0.6) is 5.75 Å². The van der Waals surface area contributed by atoms with Crippen molar-refractivity contribution >= 4 is 24.7 Å². The van der Waals surface area contributed by atoms with Gasteiger partial charge in [-0.15, -0.1) is 0 Å². The van der Waals surface area contributed by atoms with Gasteiger partial charge in [-0.3, -0.25) is 0 Å². The minimum Gasteiger partial charge on any atom is -0.488 e. The van der Waals surface area contributed by atoms with Crippen molar-refractivity contribution in [3.63, 3.8) is 0 Å². The van der Waals surface area contributed by atoms with Crippen molar-refractivity contribution in [2.45, 2.75) is 58.9 Å². The minimum atomic E-state index is -0.379. The highest BCUT2D eigenvalue weighted by Crippen LogP contribution is 2.30. The Kier molecular flexibility index (Phi) is 9.22. The van der Waals surface area contributed by atoms with Gasteiger partial charge in [0.05, 0.1) is 14.4 Å². The van der Waals surface area contributed by atoms with Gasteiger partial charge in [-0.2, -0.15) is 0 Å². The smallest absolute Gasteiger partial charge is 0.136 e. The molecule has 0 fully saturated rings. The van der Waals surface area contributed by atoms with Crippen LogP contribution in [0.3, 0.4) is 0 Å². The molecule has 2 aromatic rings. The number of hydrogen-bond acceptors (Lipinski definition) is 2. The zero-order valence-electron chi connectivity index (χ0n) is 19.1. The Labute approximate surface area is 193 Å². The number of halogens is 1. The first kappa shape index (κ1) is 24.7. The second-order valence-corrected chi connectivity index (χ2v) is 13.4. The Morgan fingerprint density at radius 2 is 1.67 bits per heavy atom. The molecule has 0 aliphatic rings. The Bertz CT molecular complexity index is 864. The van der Waals surface area contributed by atoms with Crippen LogP contribution < -0.4 is 4.74 Å². The molecule has 0 atom stereocenters. The van der Waals surface area contributed by atoms with Gasteiger partial charge in [0.15, 0.2) is 0 Å². The molecule has 161 valence electrons. The van der Waals surface area contributed by atoms with E-state index in [9.17, 15) is 0 Å². The number of ether oxygens (including phenoxy) is 2. The zero-order chi connectivity index (χ0) is 22.2. The third-order valence-electron chi connectivity index (χ3n) is 5.43. The summed E-state index contributed by atoms with van der Waals surface area (Å²) in [6.45, 7) is 15.7. The summed E-state index contributed by atoms with van der Waals surface area (Å²) in [4.78, 5) is 0. The van der Waals surface area contributed by atoms with E-state index in [-0.39, 0.29) is 14.2 Å². The summed E-state index contributed by atoms with van der Waals surface area (Å²) in [5.41, 5.74) is 1.90. The van der Waals surface area contributed by atoms with E-state index in [2.05, 4.69) is 80.7 Å². The standard InChI is InChI=1S/C26H34BrO2Si/c1-25(2,17-18-28-20-26(3,4)30(5)6)16-15-22-23(27)13-10-14-24(22)29-19-21-11-8-7-9-12-21/h7-14H,17-20H2,1-6H3. The molecular formula is C26H34BrO2Si. The molecule has 0 bridgehead atoms. The van der Waals surface area contributed by atoms with Gasteiger partial charge in [-0.05, 0) is 58.9 Å². The lowest BCUT2D eigenvalue weighted by Crippen LogP contribution is -2.27. The second kappa shape index (κ2) is 11.2. The molecule has 0 amide bonds. The average Bonchev–Trinajstić information content (AvgIpc) is 2.69. The summed E-state index contributed by atoms with van der Waals surface area (Å²) in [7, 11) is -0.379. The molecule has 30 heavy (non-hydrogen) atoms. The molecular weight excluding hydrogens is 452 g/mol. The van der Waals surface area contributed by atoms with Gasteiger partial charge < -0.3 is 9.47 Å². The van der Waals surface area contributed by atoms with Crippen LogP contribution in [-0.4, -0.2) is 22.0 Å². The molecule has 2 rings (SSSR count). The predicted octanol–water partition coefficient (Wildman–Crippen LogP) is 7.35. The number of hydrogen-bond donors (Lipinski definition) is 0. The van der Waals surface area contributed by atoms with Gasteiger partial charge in [0.2, 0.25) is 0 Å². The number of benzene rings is 2. The third kappa shape index (κ3) is 7.94. The summed E-state index contributed by atoms with van der Waals surface area (Å²) in [6, 6.07) is 16.1. The van der Waals surface area contributed by atoms with E-state index in [1.54, 1.807) is 0 Å². The second-order valence-electron chi connectivity index (χ2n) is 9.21. The Morgan fingerprint density at radius 1 is 0.967 bits per heavy atom.